The summed E-state index contributed by atoms with van der Waals surface area (Å²) in [5.74, 6) is 0.973. The number of nitrogens with zero attached hydrogens (tertiary/aromatic N) is 3. The van der Waals surface area contributed by atoms with Gasteiger partial charge in [0.05, 0.1) is 47.8 Å². The van der Waals surface area contributed by atoms with Crippen molar-refractivity contribution in [2.45, 2.75) is 50.2 Å². The van der Waals surface area contributed by atoms with Crippen LogP contribution in [0, 0.1) is 5.41 Å². The lowest BCUT2D eigenvalue weighted by Crippen LogP contribution is -2.55. The van der Waals surface area contributed by atoms with Gasteiger partial charge in [-0.1, -0.05) is 18.2 Å². The van der Waals surface area contributed by atoms with Gasteiger partial charge >= 0.3 is 0 Å². The van der Waals surface area contributed by atoms with Crippen molar-refractivity contribution in [2.24, 2.45) is 5.41 Å². The highest BCUT2D eigenvalue weighted by molar-refractivity contribution is 6.00. The van der Waals surface area contributed by atoms with Gasteiger partial charge in [0.1, 0.15) is 11.9 Å². The van der Waals surface area contributed by atoms with Crippen LogP contribution in [0.5, 0.6) is 5.75 Å². The molecule has 9 nitrogen and oxygen atoms in total. The lowest BCUT2D eigenvalue weighted by atomic mass is 9.49. The van der Waals surface area contributed by atoms with Crippen molar-refractivity contribution in [3.05, 3.63) is 70.4 Å². The van der Waals surface area contributed by atoms with Crippen molar-refractivity contribution < 1.29 is 14.3 Å². The number of rotatable bonds is 5. The van der Waals surface area contributed by atoms with E-state index in [0.717, 1.165) is 61.1 Å². The maximum atomic E-state index is 13.0. The zero-order valence-corrected chi connectivity index (χ0v) is 19.8. The van der Waals surface area contributed by atoms with Gasteiger partial charge in [-0.05, 0) is 49.3 Å². The Hall–Kier alpha value is -3.72. The quantitative estimate of drug-likeness (QED) is 0.449. The first-order chi connectivity index (χ1) is 17.6. The summed E-state index contributed by atoms with van der Waals surface area (Å²) in [5.41, 5.74) is 2.44. The second-order valence-electron chi connectivity index (χ2n) is 10.5. The van der Waals surface area contributed by atoms with E-state index in [9.17, 15) is 9.59 Å². The fourth-order valence-corrected chi connectivity index (χ4v) is 6.32. The summed E-state index contributed by atoms with van der Waals surface area (Å²) >= 11 is 0. The molecule has 184 valence electrons. The number of amides is 1. The molecule has 1 unspecified atom stereocenters. The van der Waals surface area contributed by atoms with Crippen LogP contribution in [0.2, 0.25) is 0 Å². The lowest BCUT2D eigenvalue weighted by molar-refractivity contribution is -0.0196. The fourth-order valence-electron chi connectivity index (χ4n) is 6.32. The highest BCUT2D eigenvalue weighted by atomic mass is 16.5. The minimum absolute atomic E-state index is 0.0662. The number of fused-ring (bicyclic) bond motifs is 2. The largest absolute Gasteiger partial charge is 0.486 e. The van der Waals surface area contributed by atoms with E-state index in [1.165, 1.54) is 0 Å². The average molecular weight is 486 g/mol. The summed E-state index contributed by atoms with van der Waals surface area (Å²) in [6, 6.07) is 11.6. The number of hydrogen-bond acceptors (Lipinski definition) is 6. The third-order valence-corrected chi connectivity index (χ3v) is 8.09. The minimum atomic E-state index is -0.144. The molecule has 2 saturated carbocycles. The van der Waals surface area contributed by atoms with Gasteiger partial charge in [0.2, 0.25) is 0 Å². The van der Waals surface area contributed by atoms with Crippen LogP contribution in [-0.2, 0) is 4.74 Å². The first-order valence-electron chi connectivity index (χ1n) is 12.6. The van der Waals surface area contributed by atoms with E-state index in [4.69, 9.17) is 9.47 Å². The van der Waals surface area contributed by atoms with Crippen LogP contribution < -0.4 is 15.6 Å². The molecular weight excluding hydrogens is 458 g/mol. The third-order valence-electron chi connectivity index (χ3n) is 8.09. The van der Waals surface area contributed by atoms with Crippen LogP contribution in [0.3, 0.4) is 0 Å². The van der Waals surface area contributed by atoms with Gasteiger partial charge in [0.15, 0.2) is 0 Å². The molecule has 1 amide bonds. The van der Waals surface area contributed by atoms with Gasteiger partial charge in [-0.3, -0.25) is 9.59 Å². The van der Waals surface area contributed by atoms with Crippen LogP contribution in [0.1, 0.15) is 54.1 Å². The SMILES string of the molecule is O=C(NC1CC2(C1)CC(c1n[nH]c(=O)c3ccccc13)C2)c1cnn2cc(OC3CCOC3)ccc12. The predicted octanol–water partition coefficient (Wildman–Crippen LogP) is 3.19. The summed E-state index contributed by atoms with van der Waals surface area (Å²) in [6.45, 7) is 1.33. The minimum Gasteiger partial charge on any atom is -0.486 e. The van der Waals surface area contributed by atoms with E-state index in [1.807, 2.05) is 42.6 Å². The summed E-state index contributed by atoms with van der Waals surface area (Å²) in [7, 11) is 0. The van der Waals surface area contributed by atoms with Gasteiger partial charge in [-0.15, -0.1) is 0 Å². The van der Waals surface area contributed by atoms with Crippen molar-refractivity contribution in [1.82, 2.24) is 25.1 Å². The topological polar surface area (TPSA) is 111 Å². The molecule has 3 aliphatic rings. The maximum Gasteiger partial charge on any atom is 0.272 e. The summed E-state index contributed by atoms with van der Waals surface area (Å²) in [5, 5.41) is 16.3. The number of benzene rings is 1. The van der Waals surface area contributed by atoms with Gasteiger partial charge in [0.25, 0.3) is 11.5 Å². The van der Waals surface area contributed by atoms with E-state index in [1.54, 1.807) is 10.7 Å². The molecule has 36 heavy (non-hydrogen) atoms. The van der Waals surface area contributed by atoms with Crippen LogP contribution in [0.15, 0.2) is 53.6 Å². The van der Waals surface area contributed by atoms with Crippen molar-refractivity contribution in [3.8, 4) is 5.75 Å². The number of pyridine rings is 1. The maximum absolute atomic E-state index is 13.0. The van der Waals surface area contributed by atoms with E-state index < -0.39 is 0 Å². The number of ether oxygens (including phenoxy) is 2. The molecule has 4 heterocycles. The monoisotopic (exact) mass is 485 g/mol. The van der Waals surface area contributed by atoms with Crippen molar-refractivity contribution in [3.63, 3.8) is 0 Å². The number of carbonyl (C=O) groups excluding carboxylic acids is 1. The number of hydrogen-bond donors (Lipinski definition) is 2. The molecule has 1 aliphatic heterocycles. The smallest absolute Gasteiger partial charge is 0.272 e. The van der Waals surface area contributed by atoms with E-state index >= 15 is 0 Å². The third kappa shape index (κ3) is 3.57. The summed E-state index contributed by atoms with van der Waals surface area (Å²) < 4.78 is 13.0. The molecule has 3 fully saturated rings. The highest BCUT2D eigenvalue weighted by Crippen LogP contribution is 2.62. The van der Waals surface area contributed by atoms with Gasteiger partial charge in [-0.25, -0.2) is 9.61 Å². The lowest BCUT2D eigenvalue weighted by Gasteiger charge is -2.57. The normalized spacial score (nSPS) is 27.2. The number of aromatic nitrogens is 4. The molecule has 1 spiro atoms. The molecular formula is C27H27N5O4. The first-order valence-corrected chi connectivity index (χ1v) is 12.6. The Morgan fingerprint density at radius 2 is 1.97 bits per heavy atom. The second-order valence-corrected chi connectivity index (χ2v) is 10.5. The molecule has 2 aliphatic carbocycles. The predicted molar refractivity (Wildman–Crippen MR) is 132 cm³/mol. The second kappa shape index (κ2) is 8.16. The molecule has 0 bridgehead atoms. The molecule has 1 atom stereocenters. The highest BCUT2D eigenvalue weighted by Gasteiger charge is 2.54. The number of H-pyrrole nitrogens is 1. The van der Waals surface area contributed by atoms with E-state index in [0.29, 0.717) is 23.5 Å². The summed E-state index contributed by atoms with van der Waals surface area (Å²) in [4.78, 5) is 25.1. The fraction of sp³-hybridized carbons (Fsp3) is 0.407. The van der Waals surface area contributed by atoms with Gasteiger partial charge < -0.3 is 14.8 Å². The van der Waals surface area contributed by atoms with Crippen LogP contribution in [0.4, 0.5) is 0 Å². The van der Waals surface area contributed by atoms with Crippen LogP contribution >= 0.6 is 0 Å². The van der Waals surface area contributed by atoms with Crippen LogP contribution in [-0.4, -0.2) is 51.1 Å². The zero-order chi connectivity index (χ0) is 24.3. The van der Waals surface area contributed by atoms with Crippen molar-refractivity contribution >= 4 is 22.2 Å². The Labute approximate surface area is 206 Å². The molecule has 0 radical (unpaired) electrons. The van der Waals surface area contributed by atoms with Crippen molar-refractivity contribution in [1.29, 1.82) is 0 Å². The van der Waals surface area contributed by atoms with E-state index in [2.05, 4.69) is 20.6 Å². The Bertz CT molecular complexity index is 1520. The molecule has 1 saturated heterocycles. The molecule has 7 rings (SSSR count). The Kier molecular flexibility index (Phi) is 4.89. The van der Waals surface area contributed by atoms with Gasteiger partial charge in [-0.2, -0.15) is 10.2 Å². The Morgan fingerprint density at radius 1 is 1.14 bits per heavy atom. The van der Waals surface area contributed by atoms with Gasteiger partial charge in [0, 0.05) is 23.8 Å². The summed E-state index contributed by atoms with van der Waals surface area (Å²) in [6.07, 6.45) is 8.39. The molecule has 9 heteroatoms. The number of carbonyl (C=O) groups is 1. The molecule has 3 aromatic heterocycles. The number of aromatic amines is 1. The standard InChI is InChI=1S/C27H27N5O4/c33-25(22-13-28-32-14-18(5-6-23(22)32)36-19-7-8-35-15-19)29-17-11-27(12-17)9-16(10-27)24-20-3-1-2-4-21(20)26(34)31-30-24/h1-6,13-14,16-17,19H,7-12,15H2,(H,29,33)(H,31,34). The molecule has 4 aromatic rings. The molecule has 1 aromatic carbocycles. The van der Waals surface area contributed by atoms with Crippen LogP contribution in [0.25, 0.3) is 16.3 Å². The Morgan fingerprint density at radius 3 is 2.78 bits per heavy atom. The van der Waals surface area contributed by atoms with Crippen molar-refractivity contribution in [2.75, 3.05) is 13.2 Å². The number of nitrogens with one attached hydrogen (secondary N) is 2. The zero-order valence-electron chi connectivity index (χ0n) is 19.8. The van der Waals surface area contributed by atoms with E-state index in [-0.39, 0.29) is 29.0 Å². The first kappa shape index (κ1) is 21.6. The average Bonchev–Trinajstić information content (AvgIpc) is 3.50. The molecule has 2 N–H and O–H groups in total. The Balaban J connectivity index is 0.978.